The van der Waals surface area contributed by atoms with Crippen LogP contribution in [0.25, 0.3) is 0 Å². The van der Waals surface area contributed by atoms with Crippen LogP contribution in [-0.2, 0) is 6.54 Å². The molecule has 1 aromatic heterocycles. The van der Waals surface area contributed by atoms with E-state index in [1.807, 2.05) is 0 Å². The number of nitrogen functional groups attached to an aromatic ring is 1. The molecular weight excluding hydrogens is 246 g/mol. The zero-order valence-corrected chi connectivity index (χ0v) is 11.0. The molecule has 4 N–H and O–H groups in total. The van der Waals surface area contributed by atoms with Crippen LogP contribution in [0, 0.1) is 0 Å². The lowest BCUT2D eigenvalue weighted by molar-refractivity contribution is 0.194. The third-order valence-corrected chi connectivity index (χ3v) is 2.86. The van der Waals surface area contributed by atoms with Gasteiger partial charge in [0.25, 0.3) is 5.56 Å². The minimum Gasteiger partial charge on any atom is -0.465 e. The molecule has 0 aliphatic rings. The van der Waals surface area contributed by atoms with E-state index in [1.165, 1.54) is 6.07 Å². The molecule has 0 saturated heterocycles. The van der Waals surface area contributed by atoms with Gasteiger partial charge in [0, 0.05) is 31.0 Å². The molecule has 0 aliphatic carbocycles. The van der Waals surface area contributed by atoms with Crippen LogP contribution in [0.2, 0.25) is 0 Å². The van der Waals surface area contributed by atoms with Crippen molar-refractivity contribution in [1.29, 1.82) is 0 Å². The van der Waals surface area contributed by atoms with E-state index < -0.39 is 6.09 Å². The Hall–Kier alpha value is -1.98. The van der Waals surface area contributed by atoms with E-state index in [9.17, 15) is 9.59 Å². The van der Waals surface area contributed by atoms with E-state index in [1.54, 1.807) is 16.8 Å². The lowest BCUT2D eigenvalue weighted by atomic mass is 10.1. The first kappa shape index (κ1) is 15.1. The van der Waals surface area contributed by atoms with Crippen molar-refractivity contribution in [2.75, 3.05) is 12.3 Å². The Morgan fingerprint density at radius 1 is 1.21 bits per heavy atom. The molecule has 0 fully saturated rings. The maximum atomic E-state index is 11.5. The number of hydrogen-bond acceptors (Lipinski definition) is 3. The number of anilines is 1. The van der Waals surface area contributed by atoms with Crippen molar-refractivity contribution < 1.29 is 9.90 Å². The van der Waals surface area contributed by atoms with Gasteiger partial charge in [-0.2, -0.15) is 0 Å². The Kier molecular flexibility index (Phi) is 6.49. The molecule has 1 aromatic rings. The Balaban J connectivity index is 2.09. The van der Waals surface area contributed by atoms with Gasteiger partial charge in [0.15, 0.2) is 0 Å². The topological polar surface area (TPSA) is 97.4 Å². The number of nitrogens with one attached hydrogen (secondary N) is 1. The lowest BCUT2D eigenvalue weighted by Crippen LogP contribution is -2.21. The van der Waals surface area contributed by atoms with Gasteiger partial charge in [-0.05, 0) is 18.9 Å². The molecular formula is C13H21N3O3. The summed E-state index contributed by atoms with van der Waals surface area (Å²) in [4.78, 5) is 21.7. The normalized spacial score (nSPS) is 10.3. The summed E-state index contributed by atoms with van der Waals surface area (Å²) in [6, 6.07) is 3.08. The van der Waals surface area contributed by atoms with Crippen LogP contribution in [0.15, 0.2) is 23.1 Å². The van der Waals surface area contributed by atoms with Crippen LogP contribution in [0.3, 0.4) is 0 Å². The minimum absolute atomic E-state index is 0.0279. The first-order chi connectivity index (χ1) is 9.09. The molecule has 0 radical (unpaired) electrons. The first-order valence-electron chi connectivity index (χ1n) is 6.52. The first-order valence-corrected chi connectivity index (χ1v) is 6.52. The fourth-order valence-electron chi connectivity index (χ4n) is 1.86. The van der Waals surface area contributed by atoms with Gasteiger partial charge in [-0.1, -0.05) is 19.3 Å². The van der Waals surface area contributed by atoms with E-state index in [0.29, 0.717) is 18.8 Å². The highest BCUT2D eigenvalue weighted by molar-refractivity contribution is 5.64. The van der Waals surface area contributed by atoms with E-state index in [2.05, 4.69) is 5.32 Å². The average Bonchev–Trinajstić information content (AvgIpc) is 2.36. The zero-order valence-electron chi connectivity index (χ0n) is 11.0. The number of aryl methyl sites for hydroxylation is 1. The lowest BCUT2D eigenvalue weighted by Gasteiger charge is -2.06. The molecule has 0 spiro atoms. The van der Waals surface area contributed by atoms with Crippen molar-refractivity contribution in [3.8, 4) is 0 Å². The van der Waals surface area contributed by atoms with Gasteiger partial charge in [-0.3, -0.25) is 4.79 Å². The van der Waals surface area contributed by atoms with Crippen molar-refractivity contribution in [1.82, 2.24) is 9.88 Å². The summed E-state index contributed by atoms with van der Waals surface area (Å²) in [5.41, 5.74) is 6.19. The third-order valence-electron chi connectivity index (χ3n) is 2.86. The number of carbonyl (C=O) groups is 1. The molecule has 6 nitrogen and oxygen atoms in total. The van der Waals surface area contributed by atoms with E-state index >= 15 is 0 Å². The maximum absolute atomic E-state index is 11.5. The molecule has 6 heteroatoms. The third kappa shape index (κ3) is 6.49. The number of unbranched alkanes of at least 4 members (excludes halogenated alkanes) is 4. The van der Waals surface area contributed by atoms with Crippen LogP contribution in [0.1, 0.15) is 32.1 Å². The Labute approximate surface area is 112 Å². The summed E-state index contributed by atoms with van der Waals surface area (Å²) < 4.78 is 1.63. The second-order valence-electron chi connectivity index (χ2n) is 4.49. The second kappa shape index (κ2) is 8.18. The standard InChI is InChI=1S/C13H21N3O3/c14-11-6-7-12(17)16(10-11)9-5-3-1-2-4-8-15-13(18)19/h6-7,10,15H,1-5,8-9,14H2,(H,18,19). The van der Waals surface area contributed by atoms with Gasteiger partial charge in [0.1, 0.15) is 0 Å². The number of pyridine rings is 1. The molecule has 1 rings (SSSR count). The highest BCUT2D eigenvalue weighted by Crippen LogP contribution is 2.04. The molecule has 0 bridgehead atoms. The molecule has 0 aliphatic heterocycles. The molecule has 1 amide bonds. The summed E-state index contributed by atoms with van der Waals surface area (Å²) in [7, 11) is 0. The molecule has 0 aromatic carbocycles. The summed E-state index contributed by atoms with van der Waals surface area (Å²) in [5.74, 6) is 0. The van der Waals surface area contributed by atoms with Crippen molar-refractivity contribution in [2.45, 2.75) is 38.6 Å². The zero-order chi connectivity index (χ0) is 14.1. The molecule has 0 atom stereocenters. The van der Waals surface area contributed by atoms with Gasteiger partial charge in [-0.25, -0.2) is 4.79 Å². The maximum Gasteiger partial charge on any atom is 0.404 e. The summed E-state index contributed by atoms with van der Waals surface area (Å²) in [6.45, 7) is 1.18. The SMILES string of the molecule is Nc1ccc(=O)n(CCCCCCCNC(=O)O)c1. The number of nitrogens with zero attached hydrogens (tertiary/aromatic N) is 1. The highest BCUT2D eigenvalue weighted by Gasteiger charge is 1.97. The molecule has 0 saturated carbocycles. The Bertz CT molecular complexity index is 457. The van der Waals surface area contributed by atoms with Gasteiger partial charge in [0.2, 0.25) is 0 Å². The van der Waals surface area contributed by atoms with Gasteiger partial charge in [0.05, 0.1) is 0 Å². The van der Waals surface area contributed by atoms with Crippen LogP contribution in [0.5, 0.6) is 0 Å². The van der Waals surface area contributed by atoms with Crippen LogP contribution < -0.4 is 16.6 Å². The van der Waals surface area contributed by atoms with Crippen molar-refractivity contribution in [3.05, 3.63) is 28.7 Å². The molecule has 19 heavy (non-hydrogen) atoms. The molecule has 1 heterocycles. The van der Waals surface area contributed by atoms with E-state index in [-0.39, 0.29) is 5.56 Å². The largest absolute Gasteiger partial charge is 0.465 e. The number of carboxylic acid groups (broad SMARTS) is 1. The quantitative estimate of drug-likeness (QED) is 0.624. The minimum atomic E-state index is -0.971. The van der Waals surface area contributed by atoms with Crippen molar-refractivity contribution >= 4 is 11.8 Å². The fraction of sp³-hybridized carbons (Fsp3) is 0.538. The van der Waals surface area contributed by atoms with Crippen molar-refractivity contribution in [3.63, 3.8) is 0 Å². The molecule has 0 unspecified atom stereocenters. The Morgan fingerprint density at radius 2 is 1.89 bits per heavy atom. The predicted octanol–water partition coefficient (Wildman–Crippen LogP) is 1.65. The fourth-order valence-corrected chi connectivity index (χ4v) is 1.86. The summed E-state index contributed by atoms with van der Waals surface area (Å²) >= 11 is 0. The second-order valence-corrected chi connectivity index (χ2v) is 4.49. The summed E-state index contributed by atoms with van der Waals surface area (Å²) in [5, 5.41) is 10.7. The molecule has 106 valence electrons. The number of amides is 1. The predicted molar refractivity (Wildman–Crippen MR) is 74.2 cm³/mol. The van der Waals surface area contributed by atoms with Crippen LogP contribution in [0.4, 0.5) is 10.5 Å². The number of aromatic nitrogens is 1. The van der Waals surface area contributed by atoms with E-state index in [0.717, 1.165) is 32.1 Å². The highest BCUT2D eigenvalue weighted by atomic mass is 16.4. The van der Waals surface area contributed by atoms with E-state index in [4.69, 9.17) is 10.8 Å². The monoisotopic (exact) mass is 267 g/mol. The Morgan fingerprint density at radius 3 is 2.63 bits per heavy atom. The van der Waals surface area contributed by atoms with Gasteiger partial charge < -0.3 is 20.7 Å². The number of nitrogens with two attached hydrogens (primary N) is 1. The summed E-state index contributed by atoms with van der Waals surface area (Å²) in [6.07, 6.45) is 5.53. The van der Waals surface area contributed by atoms with Gasteiger partial charge >= 0.3 is 6.09 Å². The number of rotatable bonds is 8. The van der Waals surface area contributed by atoms with Crippen LogP contribution in [-0.4, -0.2) is 22.3 Å². The average molecular weight is 267 g/mol. The smallest absolute Gasteiger partial charge is 0.404 e. The van der Waals surface area contributed by atoms with Crippen LogP contribution >= 0.6 is 0 Å². The van der Waals surface area contributed by atoms with Gasteiger partial charge in [-0.15, -0.1) is 0 Å². The number of hydrogen-bond donors (Lipinski definition) is 3. The van der Waals surface area contributed by atoms with Crippen molar-refractivity contribution in [2.24, 2.45) is 0 Å².